The molecule has 0 unspecified atom stereocenters. The van der Waals surface area contributed by atoms with Crippen molar-refractivity contribution in [3.63, 3.8) is 0 Å². The zero-order valence-electron chi connectivity index (χ0n) is 40.8. The summed E-state index contributed by atoms with van der Waals surface area (Å²) < 4.78 is 0. The summed E-state index contributed by atoms with van der Waals surface area (Å²) in [6.45, 7) is 0. The van der Waals surface area contributed by atoms with Crippen LogP contribution in [0, 0.1) is 0 Å². The Labute approximate surface area is 436 Å². The number of hydrogen-bond donors (Lipinski definition) is 0. The highest BCUT2D eigenvalue weighted by molar-refractivity contribution is 5.96. The first-order valence-electron chi connectivity index (χ1n) is 25.8. The van der Waals surface area contributed by atoms with Crippen molar-refractivity contribution in [3.05, 3.63) is 324 Å². The Balaban J connectivity index is 0.957. The summed E-state index contributed by atoms with van der Waals surface area (Å²) in [5.41, 5.74) is 22.2. The molecule has 15 rings (SSSR count). The van der Waals surface area contributed by atoms with Gasteiger partial charge in [0.2, 0.25) is 0 Å². The summed E-state index contributed by atoms with van der Waals surface area (Å²) in [6, 6.07) is 102. The Morgan fingerprint density at radius 1 is 0.227 bits per heavy atom. The zero-order chi connectivity index (χ0) is 49.5. The van der Waals surface area contributed by atoms with E-state index in [-0.39, 0.29) is 0 Å². The molecule has 2 spiro atoms. The molecule has 0 saturated carbocycles. The fourth-order valence-electron chi connectivity index (χ4n) is 13.0. The number of rotatable bonds is 6. The average molecular weight is 955 g/mol. The van der Waals surface area contributed by atoms with E-state index in [1.165, 1.54) is 55.6 Å². The maximum Gasteiger partial charge on any atom is 0.164 e. The van der Waals surface area contributed by atoms with E-state index in [0.717, 1.165) is 56.0 Å². The van der Waals surface area contributed by atoms with E-state index in [1.807, 2.05) is 24.3 Å². The van der Waals surface area contributed by atoms with Crippen LogP contribution in [0.15, 0.2) is 279 Å². The van der Waals surface area contributed by atoms with Gasteiger partial charge in [-0.2, -0.15) is 0 Å². The van der Waals surface area contributed by atoms with Crippen molar-refractivity contribution in [2.24, 2.45) is 0 Å². The van der Waals surface area contributed by atoms with Gasteiger partial charge in [0.15, 0.2) is 17.5 Å². The number of fused-ring (bicyclic) bond motifs is 15. The number of para-hydroxylation sites is 2. The Hall–Kier alpha value is -9.77. The third-order valence-electron chi connectivity index (χ3n) is 16.0. The molecule has 0 N–H and O–H groups in total. The predicted molar refractivity (Wildman–Crippen MR) is 304 cm³/mol. The Morgan fingerprint density at radius 3 is 1.24 bits per heavy atom. The van der Waals surface area contributed by atoms with Gasteiger partial charge < -0.3 is 4.90 Å². The minimum atomic E-state index is -0.687. The minimum absolute atomic E-state index is 0.531. The second-order valence-corrected chi connectivity index (χ2v) is 19.8. The van der Waals surface area contributed by atoms with Crippen LogP contribution in [0.3, 0.4) is 0 Å². The number of anilines is 3. The fourth-order valence-corrected chi connectivity index (χ4v) is 13.0. The topological polar surface area (TPSA) is 41.9 Å². The molecule has 0 atom stereocenters. The van der Waals surface area contributed by atoms with Crippen molar-refractivity contribution >= 4 is 17.1 Å². The number of benzene rings is 11. The third-order valence-corrected chi connectivity index (χ3v) is 16.0. The van der Waals surface area contributed by atoms with Gasteiger partial charge in [-0.3, -0.25) is 0 Å². The van der Waals surface area contributed by atoms with Gasteiger partial charge >= 0.3 is 0 Å². The highest BCUT2D eigenvalue weighted by Crippen LogP contribution is 2.67. The van der Waals surface area contributed by atoms with Crippen molar-refractivity contribution < 1.29 is 0 Å². The molecule has 12 aromatic rings. The zero-order valence-corrected chi connectivity index (χ0v) is 40.8. The molecule has 2 heterocycles. The molecule has 4 heteroatoms. The van der Waals surface area contributed by atoms with Gasteiger partial charge in [0, 0.05) is 22.4 Å². The lowest BCUT2D eigenvalue weighted by Crippen LogP contribution is -2.47. The normalized spacial score (nSPS) is 13.8. The molecule has 1 aromatic heterocycles. The maximum atomic E-state index is 5.29. The van der Waals surface area contributed by atoms with Crippen LogP contribution in [0.25, 0.3) is 67.5 Å². The van der Waals surface area contributed by atoms with Gasteiger partial charge in [-0.05, 0) is 108 Å². The van der Waals surface area contributed by atoms with Crippen LogP contribution in [-0.4, -0.2) is 15.0 Å². The first-order valence-corrected chi connectivity index (χ1v) is 25.8. The molecular formula is C71H46N4. The van der Waals surface area contributed by atoms with E-state index in [9.17, 15) is 0 Å². The largest absolute Gasteiger partial charge is 0.310 e. The molecule has 3 aliphatic rings. The van der Waals surface area contributed by atoms with Crippen LogP contribution in [-0.2, 0) is 10.8 Å². The molecule has 0 bridgehead atoms. The maximum absolute atomic E-state index is 5.29. The van der Waals surface area contributed by atoms with E-state index in [1.54, 1.807) is 0 Å². The summed E-state index contributed by atoms with van der Waals surface area (Å²) >= 11 is 0. The standard InChI is InChI=1S/C71H46N4/c1-4-23-47(24-5-1)53-31-10-11-34-56(53)69-73-67(48-25-6-2-7-26-48)72-68(74-69)51-28-22-27-49(45-51)50-43-44-64-66(46-50)75(52-29-8-3-9-30-52)65-42-21-20-41-63(65)71(64)61-39-18-16-37-59(61)70(60-38-17-19-40-62(60)71)57-35-14-12-32-54(57)55-33-13-15-36-58(55)70/h1-46H. The van der Waals surface area contributed by atoms with E-state index >= 15 is 0 Å². The lowest BCUT2D eigenvalue weighted by atomic mass is 9.50. The predicted octanol–water partition coefficient (Wildman–Crippen LogP) is 17.0. The summed E-state index contributed by atoms with van der Waals surface area (Å²) in [5, 5.41) is 0. The highest BCUT2D eigenvalue weighted by Gasteiger charge is 2.58. The first-order chi connectivity index (χ1) is 37.2. The van der Waals surface area contributed by atoms with Crippen LogP contribution >= 0.6 is 0 Å². The molecule has 4 nitrogen and oxygen atoms in total. The van der Waals surface area contributed by atoms with Crippen LogP contribution in [0.1, 0.15) is 44.5 Å². The molecule has 0 saturated heterocycles. The molecule has 2 aliphatic carbocycles. The van der Waals surface area contributed by atoms with Gasteiger partial charge in [-0.15, -0.1) is 0 Å². The minimum Gasteiger partial charge on any atom is -0.310 e. The molecule has 75 heavy (non-hydrogen) atoms. The molecule has 11 aromatic carbocycles. The van der Waals surface area contributed by atoms with E-state index < -0.39 is 10.8 Å². The number of aromatic nitrogens is 3. The first kappa shape index (κ1) is 42.9. The van der Waals surface area contributed by atoms with Crippen molar-refractivity contribution in [3.8, 4) is 67.5 Å². The molecule has 0 radical (unpaired) electrons. The molecule has 0 amide bonds. The molecule has 350 valence electrons. The fraction of sp³-hybridized carbons (Fsp3) is 0.0282. The van der Waals surface area contributed by atoms with Crippen molar-refractivity contribution in [2.75, 3.05) is 4.90 Å². The van der Waals surface area contributed by atoms with Gasteiger partial charge in [0.05, 0.1) is 22.2 Å². The van der Waals surface area contributed by atoms with Gasteiger partial charge in [-0.25, -0.2) is 15.0 Å². The van der Waals surface area contributed by atoms with Crippen LogP contribution in [0.5, 0.6) is 0 Å². The smallest absolute Gasteiger partial charge is 0.164 e. The van der Waals surface area contributed by atoms with Gasteiger partial charge in [0.1, 0.15) is 0 Å². The van der Waals surface area contributed by atoms with E-state index in [0.29, 0.717) is 17.5 Å². The van der Waals surface area contributed by atoms with Crippen molar-refractivity contribution in [2.45, 2.75) is 10.8 Å². The molecule has 1 aliphatic heterocycles. The Bertz CT molecular complexity index is 4110. The summed E-state index contributed by atoms with van der Waals surface area (Å²) in [4.78, 5) is 18.1. The van der Waals surface area contributed by atoms with E-state index in [4.69, 9.17) is 15.0 Å². The summed E-state index contributed by atoms with van der Waals surface area (Å²) in [7, 11) is 0. The number of nitrogens with zero attached hydrogens (tertiary/aromatic N) is 4. The lowest BCUT2D eigenvalue weighted by molar-refractivity contribution is 0.619. The third kappa shape index (κ3) is 6.27. The molecular weight excluding hydrogens is 909 g/mol. The summed E-state index contributed by atoms with van der Waals surface area (Å²) in [5.74, 6) is 1.86. The Kier molecular flexibility index (Phi) is 9.67. The second-order valence-electron chi connectivity index (χ2n) is 19.8. The monoisotopic (exact) mass is 954 g/mol. The Morgan fingerprint density at radius 2 is 0.627 bits per heavy atom. The second kappa shape index (κ2) is 16.9. The SMILES string of the molecule is c1ccc(-c2nc(-c3cccc(-c4ccc5c(c4)N(c4ccccc4)c4ccccc4C54c5ccccc5C5(c6ccccc6-c6ccccc65)c5ccccc54)c3)nc(-c3ccccc3-c3ccccc3)n2)cc1. The highest BCUT2D eigenvalue weighted by atomic mass is 15.2. The quantitative estimate of drug-likeness (QED) is 0.167. The van der Waals surface area contributed by atoms with Crippen LogP contribution < -0.4 is 4.90 Å². The molecule has 0 fully saturated rings. The van der Waals surface area contributed by atoms with Gasteiger partial charge in [0.25, 0.3) is 0 Å². The van der Waals surface area contributed by atoms with Crippen molar-refractivity contribution in [1.29, 1.82) is 0 Å². The van der Waals surface area contributed by atoms with Crippen LogP contribution in [0.2, 0.25) is 0 Å². The van der Waals surface area contributed by atoms with Crippen LogP contribution in [0.4, 0.5) is 17.1 Å². The van der Waals surface area contributed by atoms with E-state index in [2.05, 4.69) is 260 Å². The van der Waals surface area contributed by atoms with Crippen molar-refractivity contribution in [1.82, 2.24) is 15.0 Å². The average Bonchev–Trinajstić information content (AvgIpc) is 3.79. The lowest BCUT2D eigenvalue weighted by Gasteiger charge is -2.53. The van der Waals surface area contributed by atoms with Gasteiger partial charge in [-0.1, -0.05) is 249 Å². The summed E-state index contributed by atoms with van der Waals surface area (Å²) in [6.07, 6.45) is 0. The number of hydrogen-bond acceptors (Lipinski definition) is 4.